The van der Waals surface area contributed by atoms with E-state index in [1.807, 2.05) is 0 Å². The van der Waals surface area contributed by atoms with E-state index in [1.165, 1.54) is 0 Å². The minimum Gasteiger partial charge on any atom is -0.179 e. The fraction of sp³-hybridized carbons (Fsp3) is 0.500. The summed E-state index contributed by atoms with van der Waals surface area (Å²) in [4.78, 5) is 0. The van der Waals surface area contributed by atoms with Crippen LogP contribution in [0.2, 0.25) is 0 Å². The van der Waals surface area contributed by atoms with E-state index in [2.05, 4.69) is 19.2 Å². The standard InChI is InChI=1S/C4H7ClS/c1-4(5)2-3-6/h6H,1-3H2. The molecule has 0 nitrogen and oxygen atoms in total. The van der Waals surface area contributed by atoms with Gasteiger partial charge in [0, 0.05) is 5.03 Å². The maximum Gasteiger partial charge on any atom is 0.0117 e. The third-order valence-corrected chi connectivity index (χ3v) is 0.796. The molecule has 0 aromatic heterocycles. The molecular weight excluding hydrogens is 116 g/mol. The van der Waals surface area contributed by atoms with Crippen molar-refractivity contribution in [3.63, 3.8) is 0 Å². The van der Waals surface area contributed by atoms with Crippen molar-refractivity contribution in [3.8, 4) is 0 Å². The molecule has 0 aliphatic carbocycles. The number of hydrogen-bond donors (Lipinski definition) is 1. The molecule has 0 aliphatic heterocycles. The van der Waals surface area contributed by atoms with Crippen LogP contribution in [0.15, 0.2) is 11.6 Å². The minimum absolute atomic E-state index is 0.685. The normalized spacial score (nSPS) is 8.33. The van der Waals surface area contributed by atoms with E-state index in [0.717, 1.165) is 12.2 Å². The Bertz CT molecular complexity index is 51.5. The number of hydrogen-bond acceptors (Lipinski definition) is 1. The van der Waals surface area contributed by atoms with Gasteiger partial charge in [-0.2, -0.15) is 12.6 Å². The van der Waals surface area contributed by atoms with Gasteiger partial charge in [0.25, 0.3) is 0 Å². The van der Waals surface area contributed by atoms with Crippen LogP contribution in [0.25, 0.3) is 0 Å². The lowest BCUT2D eigenvalue weighted by Gasteiger charge is -1.83. The number of allylic oxidation sites excluding steroid dienone is 1. The summed E-state index contributed by atoms with van der Waals surface area (Å²) in [5.41, 5.74) is 0. The van der Waals surface area contributed by atoms with Gasteiger partial charge in [-0.05, 0) is 12.2 Å². The third kappa shape index (κ3) is 4.38. The van der Waals surface area contributed by atoms with Crippen molar-refractivity contribution in [1.82, 2.24) is 0 Å². The Morgan fingerprint density at radius 3 is 2.33 bits per heavy atom. The van der Waals surface area contributed by atoms with Crippen LogP contribution in [0.4, 0.5) is 0 Å². The van der Waals surface area contributed by atoms with Crippen LogP contribution in [0.1, 0.15) is 6.42 Å². The Hall–Kier alpha value is 0.380. The van der Waals surface area contributed by atoms with E-state index in [4.69, 9.17) is 11.6 Å². The van der Waals surface area contributed by atoms with Crippen LogP contribution < -0.4 is 0 Å². The Balaban J connectivity index is 2.83. The molecule has 0 bridgehead atoms. The predicted octanol–water partition coefficient (Wildman–Crippen LogP) is 2.06. The molecule has 0 aliphatic rings. The van der Waals surface area contributed by atoms with Gasteiger partial charge < -0.3 is 0 Å². The van der Waals surface area contributed by atoms with Gasteiger partial charge in [-0.25, -0.2) is 0 Å². The Labute approximate surface area is 48.6 Å². The highest BCUT2D eigenvalue weighted by Crippen LogP contribution is 2.02. The Morgan fingerprint density at radius 1 is 1.83 bits per heavy atom. The summed E-state index contributed by atoms with van der Waals surface area (Å²) in [6, 6.07) is 0. The van der Waals surface area contributed by atoms with E-state index >= 15 is 0 Å². The highest BCUT2D eigenvalue weighted by Gasteiger charge is 1.79. The molecule has 36 valence electrons. The van der Waals surface area contributed by atoms with Crippen LogP contribution >= 0.6 is 24.2 Å². The van der Waals surface area contributed by atoms with Crippen molar-refractivity contribution in [1.29, 1.82) is 0 Å². The first kappa shape index (κ1) is 6.38. The Kier molecular flexibility index (Phi) is 3.79. The minimum atomic E-state index is 0.685. The fourth-order valence-electron chi connectivity index (χ4n) is 0.121. The second kappa shape index (κ2) is 3.57. The zero-order valence-corrected chi connectivity index (χ0v) is 5.10. The van der Waals surface area contributed by atoms with Gasteiger partial charge in [0.1, 0.15) is 0 Å². The van der Waals surface area contributed by atoms with Gasteiger partial charge in [0.2, 0.25) is 0 Å². The third-order valence-electron chi connectivity index (χ3n) is 0.383. The van der Waals surface area contributed by atoms with Crippen LogP contribution in [-0.4, -0.2) is 5.75 Å². The summed E-state index contributed by atoms with van der Waals surface area (Å²) >= 11 is 9.25. The monoisotopic (exact) mass is 122 g/mol. The lowest BCUT2D eigenvalue weighted by Crippen LogP contribution is -1.68. The molecule has 0 fully saturated rings. The zero-order chi connectivity index (χ0) is 4.99. The molecule has 0 heterocycles. The molecule has 6 heavy (non-hydrogen) atoms. The lowest BCUT2D eigenvalue weighted by molar-refractivity contribution is 1.23. The second-order valence-corrected chi connectivity index (χ2v) is 1.97. The average molecular weight is 123 g/mol. The molecule has 0 rings (SSSR count). The summed E-state index contributed by atoms with van der Waals surface area (Å²) in [7, 11) is 0. The first-order valence-electron chi connectivity index (χ1n) is 1.71. The first-order valence-corrected chi connectivity index (χ1v) is 2.72. The van der Waals surface area contributed by atoms with Gasteiger partial charge in [-0.1, -0.05) is 18.2 Å². The van der Waals surface area contributed by atoms with Crippen molar-refractivity contribution >= 4 is 24.2 Å². The average Bonchev–Trinajstić information content (AvgIpc) is 1.35. The zero-order valence-electron chi connectivity index (χ0n) is 3.45. The van der Waals surface area contributed by atoms with Gasteiger partial charge in [0.15, 0.2) is 0 Å². The maximum absolute atomic E-state index is 5.33. The highest BCUT2D eigenvalue weighted by atomic mass is 35.5. The lowest BCUT2D eigenvalue weighted by atomic mass is 10.5. The largest absolute Gasteiger partial charge is 0.179 e. The van der Waals surface area contributed by atoms with Gasteiger partial charge >= 0.3 is 0 Å². The van der Waals surface area contributed by atoms with Crippen LogP contribution in [0.5, 0.6) is 0 Å². The number of rotatable bonds is 2. The van der Waals surface area contributed by atoms with Crippen molar-refractivity contribution in [3.05, 3.63) is 11.6 Å². The van der Waals surface area contributed by atoms with Crippen molar-refractivity contribution in [2.75, 3.05) is 5.75 Å². The summed E-state index contributed by atoms with van der Waals surface area (Å²) < 4.78 is 0. The topological polar surface area (TPSA) is 0 Å². The van der Waals surface area contributed by atoms with E-state index in [-0.39, 0.29) is 0 Å². The molecule has 0 amide bonds. The van der Waals surface area contributed by atoms with Crippen LogP contribution in [-0.2, 0) is 0 Å². The summed E-state index contributed by atoms with van der Waals surface area (Å²) in [6.07, 6.45) is 0.810. The van der Waals surface area contributed by atoms with Crippen molar-refractivity contribution in [2.24, 2.45) is 0 Å². The summed E-state index contributed by atoms with van der Waals surface area (Å²) in [5.74, 6) is 0.794. The van der Waals surface area contributed by atoms with Gasteiger partial charge in [-0.3, -0.25) is 0 Å². The van der Waals surface area contributed by atoms with Crippen LogP contribution in [0.3, 0.4) is 0 Å². The van der Waals surface area contributed by atoms with E-state index in [9.17, 15) is 0 Å². The van der Waals surface area contributed by atoms with Gasteiger partial charge in [-0.15, -0.1) is 0 Å². The molecule has 0 atom stereocenters. The van der Waals surface area contributed by atoms with E-state index < -0.39 is 0 Å². The molecule has 0 radical (unpaired) electrons. The molecule has 0 saturated heterocycles. The summed E-state index contributed by atoms with van der Waals surface area (Å²) in [5, 5.41) is 0.685. The van der Waals surface area contributed by atoms with E-state index in [1.54, 1.807) is 0 Å². The molecule has 2 heteroatoms. The number of halogens is 1. The smallest absolute Gasteiger partial charge is 0.0117 e. The van der Waals surface area contributed by atoms with E-state index in [0.29, 0.717) is 5.03 Å². The fourth-order valence-corrected chi connectivity index (χ4v) is 0.617. The van der Waals surface area contributed by atoms with Crippen molar-refractivity contribution < 1.29 is 0 Å². The SMILES string of the molecule is C=C(Cl)CCS. The molecule has 0 aromatic rings. The molecular formula is C4H7ClS. The van der Waals surface area contributed by atoms with Gasteiger partial charge in [0.05, 0.1) is 0 Å². The van der Waals surface area contributed by atoms with Crippen molar-refractivity contribution in [2.45, 2.75) is 6.42 Å². The first-order chi connectivity index (χ1) is 2.77. The maximum atomic E-state index is 5.33. The molecule has 0 N–H and O–H groups in total. The predicted molar refractivity (Wildman–Crippen MR) is 33.5 cm³/mol. The molecule has 0 saturated carbocycles. The second-order valence-electron chi connectivity index (χ2n) is 0.991. The number of thiol groups is 1. The van der Waals surface area contributed by atoms with Crippen LogP contribution in [0, 0.1) is 0 Å². The highest BCUT2D eigenvalue weighted by molar-refractivity contribution is 7.80. The summed E-state index contributed by atoms with van der Waals surface area (Å²) in [6.45, 7) is 3.46. The Morgan fingerprint density at radius 2 is 2.33 bits per heavy atom. The molecule has 0 spiro atoms. The molecule has 0 aromatic carbocycles. The quantitative estimate of drug-likeness (QED) is 0.533. The molecule has 0 unspecified atom stereocenters.